The Morgan fingerprint density at radius 1 is 1.27 bits per heavy atom. The fourth-order valence-corrected chi connectivity index (χ4v) is 3.04. The summed E-state index contributed by atoms with van der Waals surface area (Å²) in [6, 6.07) is 10.3. The van der Waals surface area contributed by atoms with Crippen molar-refractivity contribution < 1.29 is 4.74 Å². The largest absolute Gasteiger partial charge is 0.363 e. The number of benzene rings is 1. The Labute approximate surface area is 105 Å². The van der Waals surface area contributed by atoms with Crippen LogP contribution in [0.25, 0.3) is 0 Å². The molecule has 0 amide bonds. The minimum atomic E-state index is 0.192. The summed E-state index contributed by atoms with van der Waals surface area (Å²) in [7, 11) is 3.48. The predicted molar refractivity (Wildman–Crippen MR) is 73.8 cm³/mol. The van der Waals surface area contributed by atoms with Crippen LogP contribution in [0.2, 0.25) is 0 Å². The Hall–Kier alpha value is 0.230. The molecule has 1 nitrogen and oxygen atoms in total. The molecule has 0 aliphatic carbocycles. The summed E-state index contributed by atoms with van der Waals surface area (Å²) in [5.74, 6) is 0.765. The van der Waals surface area contributed by atoms with Crippen molar-refractivity contribution in [3.8, 4) is 0 Å². The van der Waals surface area contributed by atoms with Crippen molar-refractivity contribution in [1.82, 2.24) is 0 Å². The van der Waals surface area contributed by atoms with Gasteiger partial charge in [0, 0.05) is 10.6 Å². The number of ether oxygens (including phenoxy) is 1. The zero-order valence-electron chi connectivity index (χ0n) is 8.92. The molecule has 0 aliphatic rings. The van der Waals surface area contributed by atoms with Gasteiger partial charge in [-0.2, -0.15) is 12.6 Å². The van der Waals surface area contributed by atoms with Gasteiger partial charge < -0.3 is 4.74 Å². The Kier molecular flexibility index (Phi) is 6.64. The van der Waals surface area contributed by atoms with E-state index < -0.39 is 0 Å². The summed E-state index contributed by atoms with van der Waals surface area (Å²) in [4.78, 5) is 1.26. The van der Waals surface area contributed by atoms with Gasteiger partial charge in [0.05, 0.1) is 6.10 Å². The van der Waals surface area contributed by atoms with E-state index in [9.17, 15) is 0 Å². The molecule has 0 aliphatic heterocycles. The topological polar surface area (TPSA) is 9.23 Å². The van der Waals surface area contributed by atoms with Gasteiger partial charge in [0.15, 0.2) is 0 Å². The first kappa shape index (κ1) is 13.3. The lowest BCUT2D eigenvalue weighted by molar-refractivity contribution is 0.0732. The second-order valence-electron chi connectivity index (χ2n) is 3.19. The molecule has 0 N–H and O–H groups in total. The van der Waals surface area contributed by atoms with Gasteiger partial charge in [-0.1, -0.05) is 39.8 Å². The normalized spacial score (nSPS) is 14.9. The van der Waals surface area contributed by atoms with Gasteiger partial charge in [0.2, 0.25) is 0 Å². The maximum absolute atomic E-state index is 5.69. The van der Waals surface area contributed by atoms with Crippen LogP contribution in [-0.4, -0.2) is 17.3 Å². The van der Waals surface area contributed by atoms with Gasteiger partial charge in [-0.05, 0) is 26.0 Å². The van der Waals surface area contributed by atoms with Crippen LogP contribution in [0, 0.1) is 0 Å². The lowest BCUT2D eigenvalue weighted by Gasteiger charge is -2.16. The van der Waals surface area contributed by atoms with Gasteiger partial charge in [0.25, 0.3) is 0 Å². The Bertz CT molecular complexity index is 266. The van der Waals surface area contributed by atoms with Crippen molar-refractivity contribution in [1.29, 1.82) is 0 Å². The molecule has 1 aromatic rings. The SMILES string of the molecule is CC(CS)OC(C)SSc1ccccc1. The third kappa shape index (κ3) is 5.76. The third-order valence-corrected chi connectivity index (χ3v) is 4.84. The van der Waals surface area contributed by atoms with Crippen LogP contribution in [0.3, 0.4) is 0 Å². The van der Waals surface area contributed by atoms with Gasteiger partial charge in [-0.3, -0.25) is 0 Å². The van der Waals surface area contributed by atoms with Crippen molar-refractivity contribution >= 4 is 34.2 Å². The number of thiol groups is 1. The first-order valence-electron chi connectivity index (χ1n) is 4.87. The van der Waals surface area contributed by atoms with Gasteiger partial charge in [-0.25, -0.2) is 0 Å². The Morgan fingerprint density at radius 3 is 2.53 bits per heavy atom. The standard InChI is InChI=1S/C11H16OS3/c1-9(8-13)12-10(2)14-15-11-6-4-3-5-7-11/h3-7,9-10,13H,8H2,1-2H3. The van der Waals surface area contributed by atoms with Crippen molar-refractivity contribution in [3.05, 3.63) is 30.3 Å². The Balaban J connectivity index is 2.25. The van der Waals surface area contributed by atoms with E-state index >= 15 is 0 Å². The smallest absolute Gasteiger partial charge is 0.111 e. The number of rotatable bonds is 6. The molecule has 0 radical (unpaired) electrons. The second kappa shape index (κ2) is 7.49. The highest BCUT2D eigenvalue weighted by Gasteiger charge is 2.08. The van der Waals surface area contributed by atoms with Crippen molar-refractivity contribution in [2.75, 3.05) is 5.75 Å². The molecule has 1 aromatic carbocycles. The number of hydrogen-bond donors (Lipinski definition) is 1. The maximum Gasteiger partial charge on any atom is 0.111 e. The molecule has 0 saturated carbocycles. The molecule has 4 heteroatoms. The van der Waals surface area contributed by atoms with E-state index in [2.05, 4.69) is 31.7 Å². The van der Waals surface area contributed by atoms with Crippen LogP contribution >= 0.6 is 34.2 Å². The van der Waals surface area contributed by atoms with Gasteiger partial charge in [-0.15, -0.1) is 0 Å². The van der Waals surface area contributed by atoms with Crippen molar-refractivity contribution in [3.63, 3.8) is 0 Å². The monoisotopic (exact) mass is 260 g/mol. The van der Waals surface area contributed by atoms with Crippen LogP contribution < -0.4 is 0 Å². The summed E-state index contributed by atoms with van der Waals surface area (Å²) in [6.45, 7) is 4.11. The maximum atomic E-state index is 5.69. The van der Waals surface area contributed by atoms with E-state index in [4.69, 9.17) is 4.74 Å². The lowest BCUT2D eigenvalue weighted by Crippen LogP contribution is -2.14. The molecular weight excluding hydrogens is 244 g/mol. The van der Waals surface area contributed by atoms with Crippen molar-refractivity contribution in [2.45, 2.75) is 30.3 Å². The van der Waals surface area contributed by atoms with Crippen LogP contribution in [0.5, 0.6) is 0 Å². The first-order chi connectivity index (χ1) is 7.22. The molecule has 0 bridgehead atoms. The zero-order chi connectivity index (χ0) is 11.1. The first-order valence-corrected chi connectivity index (χ1v) is 7.71. The highest BCUT2D eigenvalue weighted by Crippen LogP contribution is 2.34. The molecule has 0 heterocycles. The quantitative estimate of drug-likeness (QED) is 0.468. The summed E-state index contributed by atoms with van der Waals surface area (Å²) >= 11 is 4.19. The Morgan fingerprint density at radius 2 is 1.93 bits per heavy atom. The molecule has 1 rings (SSSR count). The van der Waals surface area contributed by atoms with E-state index in [0.29, 0.717) is 0 Å². The highest BCUT2D eigenvalue weighted by molar-refractivity contribution is 8.76. The lowest BCUT2D eigenvalue weighted by atomic mass is 10.4. The fraction of sp³-hybridized carbons (Fsp3) is 0.455. The molecule has 0 fully saturated rings. The van der Waals surface area contributed by atoms with E-state index in [0.717, 1.165) is 5.75 Å². The van der Waals surface area contributed by atoms with E-state index in [1.54, 1.807) is 21.6 Å². The second-order valence-corrected chi connectivity index (χ2v) is 6.13. The molecular formula is C11H16OS3. The van der Waals surface area contributed by atoms with E-state index in [1.807, 2.05) is 25.1 Å². The minimum absolute atomic E-state index is 0.192. The highest BCUT2D eigenvalue weighted by atomic mass is 33.1. The predicted octanol–water partition coefficient (Wildman–Crippen LogP) is 4.11. The van der Waals surface area contributed by atoms with Crippen molar-refractivity contribution in [2.24, 2.45) is 0 Å². The minimum Gasteiger partial charge on any atom is -0.363 e. The molecule has 2 atom stereocenters. The van der Waals surface area contributed by atoms with Crippen LogP contribution in [0.15, 0.2) is 35.2 Å². The average Bonchev–Trinajstić information content (AvgIpc) is 2.27. The van der Waals surface area contributed by atoms with Crippen LogP contribution in [0.1, 0.15) is 13.8 Å². The zero-order valence-corrected chi connectivity index (χ0v) is 11.4. The van der Waals surface area contributed by atoms with E-state index in [1.165, 1.54) is 4.90 Å². The van der Waals surface area contributed by atoms with Gasteiger partial charge >= 0.3 is 0 Å². The molecule has 0 saturated heterocycles. The summed E-state index contributed by atoms with van der Waals surface area (Å²) < 4.78 is 5.69. The van der Waals surface area contributed by atoms with Crippen LogP contribution in [-0.2, 0) is 4.74 Å². The third-order valence-electron chi connectivity index (χ3n) is 1.70. The molecule has 15 heavy (non-hydrogen) atoms. The summed E-state index contributed by atoms with van der Waals surface area (Å²) in [5.41, 5.74) is 0.192. The molecule has 0 aromatic heterocycles. The van der Waals surface area contributed by atoms with Crippen LogP contribution in [0.4, 0.5) is 0 Å². The van der Waals surface area contributed by atoms with E-state index in [-0.39, 0.29) is 11.5 Å². The van der Waals surface area contributed by atoms with Gasteiger partial charge in [0.1, 0.15) is 5.44 Å². The number of hydrogen-bond acceptors (Lipinski definition) is 4. The fourth-order valence-electron chi connectivity index (χ4n) is 0.992. The summed E-state index contributed by atoms with van der Waals surface area (Å²) in [6.07, 6.45) is 0.215. The molecule has 2 unspecified atom stereocenters. The molecule has 84 valence electrons. The summed E-state index contributed by atoms with van der Waals surface area (Å²) in [5, 5.41) is 0. The average molecular weight is 260 g/mol. The molecule has 0 spiro atoms.